The second-order valence-electron chi connectivity index (χ2n) is 7.38. The largest absolute Gasteiger partial charge is 0.437 e. The summed E-state index contributed by atoms with van der Waals surface area (Å²) in [5, 5.41) is 17.3. The maximum atomic E-state index is 13.4. The lowest BCUT2D eigenvalue weighted by molar-refractivity contribution is -0.137. The smallest absolute Gasteiger partial charge is 0.416 e. The highest BCUT2D eigenvalue weighted by molar-refractivity contribution is 5.96. The highest BCUT2D eigenvalue weighted by atomic mass is 19.4. The first-order chi connectivity index (χ1) is 14.9. The standard InChI is InChI=1S/C22H18F3N5O/c1-13-27-28-20-17-6-2-3-7-18(17)21(29-30(13)20)31-19-11-15(22(23,24)25)8-9-16(19)14-5-4-10-26-12-14/h2-9,11,14,26H,10,12H2,1H3. The van der Waals surface area contributed by atoms with Crippen molar-refractivity contribution in [2.24, 2.45) is 0 Å². The molecule has 1 N–H and O–H groups in total. The van der Waals surface area contributed by atoms with Crippen molar-refractivity contribution in [1.29, 1.82) is 0 Å². The molecule has 1 atom stereocenters. The van der Waals surface area contributed by atoms with Gasteiger partial charge in [-0.25, -0.2) is 0 Å². The number of ether oxygens (including phenoxy) is 1. The zero-order chi connectivity index (χ0) is 21.6. The van der Waals surface area contributed by atoms with Crippen LogP contribution in [0.2, 0.25) is 0 Å². The molecule has 4 aromatic rings. The van der Waals surface area contributed by atoms with Crippen molar-refractivity contribution >= 4 is 16.4 Å². The number of hydrogen-bond donors (Lipinski definition) is 1. The molecule has 0 amide bonds. The number of rotatable bonds is 3. The molecule has 0 fully saturated rings. The first-order valence-electron chi connectivity index (χ1n) is 9.79. The lowest BCUT2D eigenvalue weighted by atomic mass is 9.94. The molecule has 2 aromatic heterocycles. The highest BCUT2D eigenvalue weighted by Gasteiger charge is 2.32. The van der Waals surface area contributed by atoms with Crippen LogP contribution in [0.1, 0.15) is 22.9 Å². The topological polar surface area (TPSA) is 64.3 Å². The first-order valence-corrected chi connectivity index (χ1v) is 9.79. The Bertz CT molecular complexity index is 1310. The zero-order valence-electron chi connectivity index (χ0n) is 16.5. The molecule has 31 heavy (non-hydrogen) atoms. The predicted molar refractivity (Wildman–Crippen MR) is 109 cm³/mol. The lowest BCUT2D eigenvalue weighted by Gasteiger charge is -2.22. The van der Waals surface area contributed by atoms with Crippen LogP contribution in [0.15, 0.2) is 54.6 Å². The molecule has 9 heteroatoms. The summed E-state index contributed by atoms with van der Waals surface area (Å²) >= 11 is 0. The van der Waals surface area contributed by atoms with Crippen LogP contribution in [-0.2, 0) is 6.18 Å². The molecule has 6 nitrogen and oxygen atoms in total. The summed E-state index contributed by atoms with van der Waals surface area (Å²) in [6, 6.07) is 10.9. The summed E-state index contributed by atoms with van der Waals surface area (Å²) in [4.78, 5) is 0. The molecule has 5 rings (SSSR count). The van der Waals surface area contributed by atoms with E-state index in [1.165, 1.54) is 10.6 Å². The summed E-state index contributed by atoms with van der Waals surface area (Å²) in [6.07, 6.45) is -0.554. The van der Waals surface area contributed by atoms with E-state index in [4.69, 9.17) is 4.74 Å². The Morgan fingerprint density at radius 1 is 1.10 bits per heavy atom. The van der Waals surface area contributed by atoms with E-state index in [1.807, 2.05) is 30.4 Å². The third kappa shape index (κ3) is 3.50. The minimum absolute atomic E-state index is 0.113. The molecule has 1 unspecified atom stereocenters. The van der Waals surface area contributed by atoms with Gasteiger partial charge in [-0.05, 0) is 25.1 Å². The molecule has 2 aromatic carbocycles. The van der Waals surface area contributed by atoms with Crippen molar-refractivity contribution < 1.29 is 17.9 Å². The van der Waals surface area contributed by atoms with E-state index in [1.54, 1.807) is 13.0 Å². The first kappa shape index (κ1) is 19.5. The number of nitrogens with zero attached hydrogens (tertiary/aromatic N) is 4. The Morgan fingerprint density at radius 2 is 1.90 bits per heavy atom. The summed E-state index contributed by atoms with van der Waals surface area (Å²) in [5.74, 6) is 0.752. The van der Waals surface area contributed by atoms with Gasteiger partial charge in [0.25, 0.3) is 0 Å². The maximum Gasteiger partial charge on any atom is 0.416 e. The number of aryl methyl sites for hydroxylation is 1. The van der Waals surface area contributed by atoms with Gasteiger partial charge in [-0.15, -0.1) is 15.3 Å². The van der Waals surface area contributed by atoms with Gasteiger partial charge in [0, 0.05) is 35.3 Å². The van der Waals surface area contributed by atoms with E-state index in [0.717, 1.165) is 24.1 Å². The SMILES string of the molecule is Cc1nnc2c3ccccc3c(Oc3cc(C(F)(F)F)ccc3C3C=CCNC3)nn12. The van der Waals surface area contributed by atoms with Crippen molar-refractivity contribution in [2.75, 3.05) is 13.1 Å². The van der Waals surface area contributed by atoms with E-state index in [9.17, 15) is 13.2 Å². The van der Waals surface area contributed by atoms with Gasteiger partial charge in [-0.2, -0.15) is 17.7 Å². The number of fused-ring (bicyclic) bond motifs is 3. The van der Waals surface area contributed by atoms with Gasteiger partial charge in [0.2, 0.25) is 5.88 Å². The minimum Gasteiger partial charge on any atom is -0.437 e. The van der Waals surface area contributed by atoms with E-state index in [0.29, 0.717) is 29.0 Å². The van der Waals surface area contributed by atoms with Crippen molar-refractivity contribution in [3.63, 3.8) is 0 Å². The van der Waals surface area contributed by atoms with Gasteiger partial charge in [0.15, 0.2) is 11.5 Å². The lowest BCUT2D eigenvalue weighted by Crippen LogP contribution is -2.25. The van der Waals surface area contributed by atoms with Crippen LogP contribution in [0, 0.1) is 6.92 Å². The van der Waals surface area contributed by atoms with Crippen molar-refractivity contribution in [3.05, 3.63) is 71.6 Å². The molecule has 1 aliphatic rings. The number of benzene rings is 2. The van der Waals surface area contributed by atoms with Crippen LogP contribution < -0.4 is 10.1 Å². The third-order valence-electron chi connectivity index (χ3n) is 5.33. The van der Waals surface area contributed by atoms with Crippen molar-refractivity contribution in [2.45, 2.75) is 19.0 Å². The summed E-state index contributed by atoms with van der Waals surface area (Å²) in [6.45, 7) is 3.08. The Balaban J connectivity index is 1.69. The number of alkyl halides is 3. The number of nitrogens with one attached hydrogen (secondary N) is 1. The van der Waals surface area contributed by atoms with E-state index < -0.39 is 11.7 Å². The monoisotopic (exact) mass is 425 g/mol. The fraction of sp³-hybridized carbons (Fsp3) is 0.227. The Hall–Kier alpha value is -3.46. The molecule has 0 saturated carbocycles. The van der Waals surface area contributed by atoms with E-state index >= 15 is 0 Å². The van der Waals surface area contributed by atoms with Gasteiger partial charge in [0.1, 0.15) is 5.75 Å². The van der Waals surface area contributed by atoms with E-state index in [2.05, 4.69) is 20.6 Å². The average Bonchev–Trinajstić information content (AvgIpc) is 3.14. The average molecular weight is 425 g/mol. The van der Waals surface area contributed by atoms with Gasteiger partial charge >= 0.3 is 6.18 Å². The fourth-order valence-corrected chi connectivity index (χ4v) is 3.78. The molecule has 0 spiro atoms. The number of hydrogen-bond acceptors (Lipinski definition) is 5. The van der Waals surface area contributed by atoms with Crippen molar-refractivity contribution in [1.82, 2.24) is 25.1 Å². The number of aromatic nitrogens is 4. The third-order valence-corrected chi connectivity index (χ3v) is 5.33. The second kappa shape index (κ2) is 7.35. The van der Waals surface area contributed by atoms with Crippen molar-refractivity contribution in [3.8, 4) is 11.6 Å². The summed E-state index contributed by atoms with van der Waals surface area (Å²) < 4.78 is 47.9. The summed E-state index contributed by atoms with van der Waals surface area (Å²) in [5.41, 5.74) is 0.442. The maximum absolute atomic E-state index is 13.4. The quantitative estimate of drug-likeness (QED) is 0.485. The number of halogens is 3. The second-order valence-corrected chi connectivity index (χ2v) is 7.38. The molecule has 3 heterocycles. The zero-order valence-corrected chi connectivity index (χ0v) is 16.5. The van der Waals surface area contributed by atoms with Crippen LogP contribution >= 0.6 is 0 Å². The van der Waals surface area contributed by atoms with Crippen LogP contribution in [0.3, 0.4) is 0 Å². The molecule has 0 bridgehead atoms. The Labute approximate surface area is 175 Å². The summed E-state index contributed by atoms with van der Waals surface area (Å²) in [7, 11) is 0. The van der Waals surface area contributed by atoms with Gasteiger partial charge in [0.05, 0.1) is 5.56 Å². The molecule has 158 valence electrons. The Kier molecular flexibility index (Phi) is 4.62. The molecule has 1 aliphatic heterocycles. The van der Waals surface area contributed by atoms with Crippen LogP contribution in [0.25, 0.3) is 16.4 Å². The molecule has 0 aliphatic carbocycles. The van der Waals surface area contributed by atoms with Gasteiger partial charge in [-0.3, -0.25) is 0 Å². The molecular weight excluding hydrogens is 407 g/mol. The minimum atomic E-state index is -4.48. The van der Waals surface area contributed by atoms with Crippen LogP contribution in [0.4, 0.5) is 13.2 Å². The fourth-order valence-electron chi connectivity index (χ4n) is 3.78. The Morgan fingerprint density at radius 3 is 2.65 bits per heavy atom. The van der Waals surface area contributed by atoms with Gasteiger partial charge < -0.3 is 10.1 Å². The normalized spacial score (nSPS) is 16.8. The van der Waals surface area contributed by atoms with Crippen LogP contribution in [-0.4, -0.2) is 32.9 Å². The molecule has 0 radical (unpaired) electrons. The molecule has 0 saturated heterocycles. The van der Waals surface area contributed by atoms with Gasteiger partial charge in [-0.1, -0.05) is 36.4 Å². The van der Waals surface area contributed by atoms with Crippen LogP contribution in [0.5, 0.6) is 11.6 Å². The predicted octanol–water partition coefficient (Wildman–Crippen LogP) is 4.64. The molecular formula is C22H18F3N5O. The highest BCUT2D eigenvalue weighted by Crippen LogP contribution is 2.39. The van der Waals surface area contributed by atoms with E-state index in [-0.39, 0.29) is 17.5 Å².